The largest absolute Gasteiger partial charge is 0.471 e. The van der Waals surface area contributed by atoms with Gasteiger partial charge in [0.15, 0.2) is 5.82 Å². The topological polar surface area (TPSA) is 64.9 Å². The average Bonchev–Trinajstić information content (AvgIpc) is 2.87. The van der Waals surface area contributed by atoms with E-state index < -0.39 is 18.1 Å². The summed E-state index contributed by atoms with van der Waals surface area (Å²) in [6, 6.07) is 2.64. The Labute approximate surface area is 91.9 Å². The van der Waals surface area contributed by atoms with Crippen molar-refractivity contribution < 1.29 is 17.7 Å². The lowest BCUT2D eigenvalue weighted by Crippen LogP contribution is -2.13. The number of hydrogen-bond acceptors (Lipinski definition) is 5. The van der Waals surface area contributed by atoms with Gasteiger partial charge in [-0.25, -0.2) is 0 Å². The summed E-state index contributed by atoms with van der Waals surface area (Å²) in [6.45, 7) is 0. The third-order valence-electron chi connectivity index (χ3n) is 1.81. The van der Waals surface area contributed by atoms with Crippen molar-refractivity contribution in [3.05, 3.63) is 34.1 Å². The number of alkyl halides is 3. The van der Waals surface area contributed by atoms with Gasteiger partial charge >= 0.3 is 12.1 Å². The summed E-state index contributed by atoms with van der Waals surface area (Å²) in [5.74, 6) is -1.55. The van der Waals surface area contributed by atoms with Crippen LogP contribution in [0.3, 0.4) is 0 Å². The molecule has 16 heavy (non-hydrogen) atoms. The summed E-state index contributed by atoms with van der Waals surface area (Å²) in [6.07, 6.45) is -4.64. The Balaban J connectivity index is 2.26. The van der Waals surface area contributed by atoms with Gasteiger partial charge in [0, 0.05) is 4.88 Å². The fourth-order valence-electron chi connectivity index (χ4n) is 1.07. The molecule has 0 fully saturated rings. The summed E-state index contributed by atoms with van der Waals surface area (Å²) in [7, 11) is 0. The van der Waals surface area contributed by atoms with E-state index in [4.69, 9.17) is 5.73 Å². The molecule has 0 aliphatic carbocycles. The SMILES string of the molecule is NC(c1noc(C(F)(F)F)n1)c1cccs1. The number of thiophene rings is 1. The van der Waals surface area contributed by atoms with Crippen LogP contribution in [0, 0.1) is 0 Å². The quantitative estimate of drug-likeness (QED) is 0.886. The van der Waals surface area contributed by atoms with Gasteiger partial charge in [-0.15, -0.1) is 11.3 Å². The first-order chi connectivity index (χ1) is 7.48. The molecule has 1 unspecified atom stereocenters. The molecule has 4 nitrogen and oxygen atoms in total. The second-order valence-electron chi connectivity index (χ2n) is 2.95. The zero-order valence-corrected chi connectivity index (χ0v) is 8.55. The van der Waals surface area contributed by atoms with Crippen LogP contribution in [0.4, 0.5) is 13.2 Å². The van der Waals surface area contributed by atoms with E-state index >= 15 is 0 Å². The zero-order valence-electron chi connectivity index (χ0n) is 7.73. The molecule has 0 aromatic carbocycles. The van der Waals surface area contributed by atoms with Gasteiger partial charge in [-0.3, -0.25) is 0 Å². The van der Waals surface area contributed by atoms with Crippen LogP contribution in [0.5, 0.6) is 0 Å². The minimum atomic E-state index is -4.64. The summed E-state index contributed by atoms with van der Waals surface area (Å²) in [4.78, 5) is 3.89. The molecule has 0 amide bonds. The van der Waals surface area contributed by atoms with Crippen LogP contribution in [0.2, 0.25) is 0 Å². The van der Waals surface area contributed by atoms with E-state index in [1.165, 1.54) is 11.3 Å². The fraction of sp³-hybridized carbons (Fsp3) is 0.250. The van der Waals surface area contributed by atoms with Crippen LogP contribution < -0.4 is 5.73 Å². The number of nitrogens with zero attached hydrogens (tertiary/aromatic N) is 2. The van der Waals surface area contributed by atoms with Crippen LogP contribution in [0.25, 0.3) is 0 Å². The third-order valence-corrected chi connectivity index (χ3v) is 2.77. The third kappa shape index (κ3) is 2.07. The molecular formula is C8H6F3N3OS. The van der Waals surface area contributed by atoms with E-state index in [-0.39, 0.29) is 5.82 Å². The normalized spacial score (nSPS) is 14.0. The van der Waals surface area contributed by atoms with Gasteiger partial charge in [0.05, 0.1) is 0 Å². The average molecular weight is 249 g/mol. The fourth-order valence-corrected chi connectivity index (χ4v) is 1.80. The maximum absolute atomic E-state index is 12.2. The number of nitrogens with two attached hydrogens (primary N) is 1. The first-order valence-electron chi connectivity index (χ1n) is 4.18. The predicted octanol–water partition coefficient (Wildman–Crippen LogP) is 2.20. The van der Waals surface area contributed by atoms with Crippen LogP contribution in [0.1, 0.15) is 22.6 Å². The molecule has 0 aliphatic heterocycles. The molecular weight excluding hydrogens is 243 g/mol. The predicted molar refractivity (Wildman–Crippen MR) is 49.6 cm³/mol. The van der Waals surface area contributed by atoms with Crippen molar-refractivity contribution in [2.45, 2.75) is 12.2 Å². The minimum absolute atomic E-state index is 0.172. The number of hydrogen-bond donors (Lipinski definition) is 1. The van der Waals surface area contributed by atoms with Gasteiger partial charge in [-0.2, -0.15) is 18.2 Å². The van der Waals surface area contributed by atoms with Gasteiger partial charge in [0.2, 0.25) is 0 Å². The summed E-state index contributed by atoms with van der Waals surface area (Å²) >= 11 is 1.31. The highest BCUT2D eigenvalue weighted by Crippen LogP contribution is 2.29. The smallest absolute Gasteiger partial charge is 0.329 e. The van der Waals surface area contributed by atoms with Crippen molar-refractivity contribution in [1.29, 1.82) is 0 Å². The Hall–Kier alpha value is -1.41. The van der Waals surface area contributed by atoms with E-state index in [9.17, 15) is 13.2 Å². The molecule has 0 saturated carbocycles. The van der Waals surface area contributed by atoms with Gasteiger partial charge in [0.1, 0.15) is 6.04 Å². The Bertz CT molecular complexity index is 465. The molecule has 2 heterocycles. The second-order valence-corrected chi connectivity index (χ2v) is 3.93. The van der Waals surface area contributed by atoms with E-state index in [0.717, 1.165) is 0 Å². The number of rotatable bonds is 2. The molecule has 2 rings (SSSR count). The zero-order chi connectivity index (χ0) is 11.8. The molecule has 0 saturated heterocycles. The molecule has 0 radical (unpaired) electrons. The maximum atomic E-state index is 12.2. The van der Waals surface area contributed by atoms with Crippen LogP contribution in [-0.4, -0.2) is 10.1 Å². The Kier molecular flexibility index (Phi) is 2.68. The molecule has 2 N–H and O–H groups in total. The second kappa shape index (κ2) is 3.87. The monoisotopic (exact) mass is 249 g/mol. The molecule has 2 aromatic heterocycles. The van der Waals surface area contributed by atoms with Crippen LogP contribution in [0.15, 0.2) is 22.0 Å². The number of halogens is 3. The summed E-state index contributed by atoms with van der Waals surface area (Å²) < 4.78 is 40.6. The van der Waals surface area contributed by atoms with Crippen LogP contribution in [-0.2, 0) is 6.18 Å². The van der Waals surface area contributed by atoms with Gasteiger partial charge in [-0.05, 0) is 11.4 Å². The van der Waals surface area contributed by atoms with Crippen molar-refractivity contribution in [3.8, 4) is 0 Å². The van der Waals surface area contributed by atoms with Gasteiger partial charge < -0.3 is 10.3 Å². The minimum Gasteiger partial charge on any atom is -0.329 e. The molecule has 8 heteroatoms. The van der Waals surface area contributed by atoms with Crippen LogP contribution >= 0.6 is 11.3 Å². The first-order valence-corrected chi connectivity index (χ1v) is 5.06. The molecule has 0 bridgehead atoms. The number of aromatic nitrogens is 2. The van der Waals surface area contributed by atoms with Crippen molar-refractivity contribution in [3.63, 3.8) is 0 Å². The van der Waals surface area contributed by atoms with E-state index in [1.807, 2.05) is 0 Å². The van der Waals surface area contributed by atoms with Crippen molar-refractivity contribution >= 4 is 11.3 Å². The highest BCUT2D eigenvalue weighted by atomic mass is 32.1. The molecule has 1 atom stereocenters. The highest BCUT2D eigenvalue weighted by Gasteiger charge is 2.39. The summed E-state index contributed by atoms with van der Waals surface area (Å²) in [5.41, 5.74) is 5.68. The van der Waals surface area contributed by atoms with E-state index in [2.05, 4.69) is 14.7 Å². The molecule has 0 aliphatic rings. The van der Waals surface area contributed by atoms with Crippen molar-refractivity contribution in [2.75, 3.05) is 0 Å². The Morgan fingerprint density at radius 2 is 2.19 bits per heavy atom. The van der Waals surface area contributed by atoms with E-state index in [1.54, 1.807) is 17.5 Å². The standard InChI is InChI=1S/C8H6F3N3OS/c9-8(10,11)7-13-6(14-15-7)5(12)4-2-1-3-16-4/h1-3,5H,12H2. The van der Waals surface area contributed by atoms with Crippen molar-refractivity contribution in [1.82, 2.24) is 10.1 Å². The lowest BCUT2D eigenvalue weighted by atomic mass is 10.2. The lowest BCUT2D eigenvalue weighted by Gasteiger charge is -2.02. The molecule has 86 valence electrons. The Morgan fingerprint density at radius 3 is 2.69 bits per heavy atom. The molecule has 0 spiro atoms. The Morgan fingerprint density at radius 1 is 1.44 bits per heavy atom. The maximum Gasteiger partial charge on any atom is 0.471 e. The van der Waals surface area contributed by atoms with Gasteiger partial charge in [0.25, 0.3) is 0 Å². The molecule has 2 aromatic rings. The van der Waals surface area contributed by atoms with E-state index in [0.29, 0.717) is 4.88 Å². The van der Waals surface area contributed by atoms with Crippen molar-refractivity contribution in [2.24, 2.45) is 5.73 Å². The highest BCUT2D eigenvalue weighted by molar-refractivity contribution is 7.10. The lowest BCUT2D eigenvalue weighted by molar-refractivity contribution is -0.159. The summed E-state index contributed by atoms with van der Waals surface area (Å²) in [5, 5.41) is 4.98. The van der Waals surface area contributed by atoms with Gasteiger partial charge in [-0.1, -0.05) is 11.2 Å². The first kappa shape index (κ1) is 11.1.